The van der Waals surface area contributed by atoms with Gasteiger partial charge >= 0.3 is 0 Å². The molecule has 0 aliphatic heterocycles. The average molecular weight is 392 g/mol. The molecule has 0 fully saturated rings. The molecule has 122 valence electrons. The first kappa shape index (κ1) is 16.3. The van der Waals surface area contributed by atoms with E-state index in [1.807, 2.05) is 25.1 Å². The summed E-state index contributed by atoms with van der Waals surface area (Å²) in [5, 5.41) is 13.1. The zero-order valence-corrected chi connectivity index (χ0v) is 14.1. The molecule has 1 heterocycles. The lowest BCUT2D eigenvalue weighted by Crippen LogP contribution is -2.05. The van der Waals surface area contributed by atoms with E-state index in [0.717, 1.165) is 27.9 Å². The molecule has 0 atom stereocenters. The van der Waals surface area contributed by atoms with Crippen molar-refractivity contribution >= 4 is 39.1 Å². The highest BCUT2D eigenvalue weighted by Crippen LogP contribution is 2.24. The van der Waals surface area contributed by atoms with Crippen LogP contribution in [0.5, 0.6) is 0 Å². The minimum atomic E-state index is -0.735. The Kier molecular flexibility index (Phi) is 4.66. The molecule has 8 heteroatoms. The van der Waals surface area contributed by atoms with Gasteiger partial charge in [-0.15, -0.1) is 5.10 Å². The minimum Gasteiger partial charge on any atom is -0.339 e. The van der Waals surface area contributed by atoms with Crippen molar-refractivity contribution in [1.29, 1.82) is 0 Å². The molecule has 0 aliphatic carbocycles. The molecule has 0 radical (unpaired) electrons. The minimum absolute atomic E-state index is 0.0150. The van der Waals surface area contributed by atoms with Crippen LogP contribution in [0, 0.1) is 18.6 Å². The summed E-state index contributed by atoms with van der Waals surface area (Å²) in [6.45, 7) is 1.94. The molecule has 0 unspecified atom stereocenters. The number of aromatic nitrogens is 3. The fraction of sp³-hybridized carbons (Fsp3) is 0.0625. The number of halogens is 3. The molecular formula is C16H12BrF2N5. The molecule has 3 rings (SSSR count). The van der Waals surface area contributed by atoms with E-state index in [4.69, 9.17) is 0 Å². The lowest BCUT2D eigenvalue weighted by Gasteiger charge is -2.10. The molecule has 24 heavy (non-hydrogen) atoms. The van der Waals surface area contributed by atoms with Crippen molar-refractivity contribution in [2.45, 2.75) is 6.92 Å². The van der Waals surface area contributed by atoms with E-state index in [2.05, 4.69) is 41.7 Å². The highest BCUT2D eigenvalue weighted by Gasteiger charge is 2.11. The van der Waals surface area contributed by atoms with Crippen LogP contribution in [-0.2, 0) is 0 Å². The summed E-state index contributed by atoms with van der Waals surface area (Å²) in [7, 11) is 0. The van der Waals surface area contributed by atoms with Crippen molar-refractivity contribution in [3.8, 4) is 0 Å². The third kappa shape index (κ3) is 3.65. The van der Waals surface area contributed by atoms with Gasteiger partial charge in [0.25, 0.3) is 0 Å². The molecule has 2 N–H and O–H groups in total. The van der Waals surface area contributed by atoms with E-state index in [9.17, 15) is 8.78 Å². The molecule has 3 aromatic rings. The largest absolute Gasteiger partial charge is 0.339 e. The molecule has 0 saturated heterocycles. The van der Waals surface area contributed by atoms with Crippen molar-refractivity contribution in [2.24, 2.45) is 0 Å². The summed E-state index contributed by atoms with van der Waals surface area (Å²) in [4.78, 5) is 4.17. The standard InChI is InChI=1S/C16H12BrF2N5/c1-9-7-10(17)5-6-13(9)21-14-8-20-24-16(22-14)23-15-11(18)3-2-4-12(15)19/h2-8H,1H3,(H2,21,22,23,24). The second-order valence-corrected chi connectivity index (χ2v) is 5.89. The fourth-order valence-electron chi connectivity index (χ4n) is 2.05. The fourth-order valence-corrected chi connectivity index (χ4v) is 2.53. The number of rotatable bonds is 4. The molecule has 0 saturated carbocycles. The Morgan fingerprint density at radius 1 is 1.04 bits per heavy atom. The van der Waals surface area contributed by atoms with Crippen LogP contribution < -0.4 is 10.6 Å². The second kappa shape index (κ2) is 6.88. The Hall–Kier alpha value is -2.61. The Labute approximate surface area is 145 Å². The van der Waals surface area contributed by atoms with Gasteiger partial charge in [0, 0.05) is 10.2 Å². The van der Waals surface area contributed by atoms with Crippen molar-refractivity contribution in [2.75, 3.05) is 10.6 Å². The van der Waals surface area contributed by atoms with Gasteiger partial charge in [0.05, 0.1) is 6.20 Å². The van der Waals surface area contributed by atoms with E-state index < -0.39 is 11.6 Å². The molecule has 0 spiro atoms. The van der Waals surface area contributed by atoms with Gasteiger partial charge in [-0.3, -0.25) is 0 Å². The van der Waals surface area contributed by atoms with Gasteiger partial charge in [-0.05, 0) is 42.8 Å². The number of hydrogen-bond acceptors (Lipinski definition) is 5. The third-order valence-electron chi connectivity index (χ3n) is 3.21. The topological polar surface area (TPSA) is 62.7 Å². The Balaban J connectivity index is 1.84. The lowest BCUT2D eigenvalue weighted by atomic mass is 10.2. The summed E-state index contributed by atoms with van der Waals surface area (Å²) in [6, 6.07) is 9.29. The number of para-hydroxylation sites is 1. The smallest absolute Gasteiger partial charge is 0.249 e. The predicted octanol–water partition coefficient (Wildman–Crippen LogP) is 4.71. The number of aryl methyl sites for hydroxylation is 1. The Morgan fingerprint density at radius 2 is 1.79 bits per heavy atom. The summed E-state index contributed by atoms with van der Waals surface area (Å²) >= 11 is 3.40. The molecule has 0 aliphatic rings. The van der Waals surface area contributed by atoms with Gasteiger partial charge in [-0.2, -0.15) is 10.1 Å². The maximum Gasteiger partial charge on any atom is 0.249 e. The van der Waals surface area contributed by atoms with Gasteiger partial charge in [-0.1, -0.05) is 22.0 Å². The first-order chi connectivity index (χ1) is 11.5. The molecule has 0 bridgehead atoms. The monoisotopic (exact) mass is 391 g/mol. The van der Waals surface area contributed by atoms with E-state index in [1.165, 1.54) is 12.3 Å². The first-order valence-corrected chi connectivity index (χ1v) is 7.76. The zero-order chi connectivity index (χ0) is 17.1. The van der Waals surface area contributed by atoms with Crippen LogP contribution in [0.1, 0.15) is 5.56 Å². The van der Waals surface area contributed by atoms with Crippen LogP contribution in [0.4, 0.5) is 31.9 Å². The number of hydrogen-bond donors (Lipinski definition) is 2. The van der Waals surface area contributed by atoms with Crippen molar-refractivity contribution in [3.63, 3.8) is 0 Å². The van der Waals surface area contributed by atoms with E-state index in [1.54, 1.807) is 0 Å². The van der Waals surface area contributed by atoms with Crippen LogP contribution in [0.15, 0.2) is 47.1 Å². The highest BCUT2D eigenvalue weighted by atomic mass is 79.9. The van der Waals surface area contributed by atoms with Crippen LogP contribution in [0.3, 0.4) is 0 Å². The molecule has 2 aromatic carbocycles. The lowest BCUT2D eigenvalue weighted by molar-refractivity contribution is 0.590. The van der Waals surface area contributed by atoms with Gasteiger partial charge < -0.3 is 10.6 Å². The maximum absolute atomic E-state index is 13.7. The van der Waals surface area contributed by atoms with Crippen LogP contribution in [0.2, 0.25) is 0 Å². The Bertz CT molecular complexity index is 868. The predicted molar refractivity (Wildman–Crippen MR) is 91.6 cm³/mol. The maximum atomic E-state index is 13.7. The van der Waals surface area contributed by atoms with E-state index in [0.29, 0.717) is 5.82 Å². The van der Waals surface area contributed by atoms with Crippen molar-refractivity contribution < 1.29 is 8.78 Å². The first-order valence-electron chi connectivity index (χ1n) is 6.97. The van der Waals surface area contributed by atoms with Crippen LogP contribution in [-0.4, -0.2) is 15.2 Å². The van der Waals surface area contributed by atoms with Gasteiger partial charge in [-0.25, -0.2) is 8.78 Å². The van der Waals surface area contributed by atoms with Gasteiger partial charge in [0.15, 0.2) is 5.82 Å². The quantitative estimate of drug-likeness (QED) is 0.674. The molecular weight excluding hydrogens is 380 g/mol. The zero-order valence-electron chi connectivity index (χ0n) is 12.5. The molecule has 0 amide bonds. The van der Waals surface area contributed by atoms with Crippen molar-refractivity contribution in [1.82, 2.24) is 15.2 Å². The van der Waals surface area contributed by atoms with Crippen molar-refractivity contribution in [3.05, 3.63) is 64.3 Å². The van der Waals surface area contributed by atoms with Gasteiger partial charge in [0.2, 0.25) is 5.95 Å². The third-order valence-corrected chi connectivity index (χ3v) is 3.70. The van der Waals surface area contributed by atoms with E-state index >= 15 is 0 Å². The number of nitrogens with one attached hydrogen (secondary N) is 2. The SMILES string of the molecule is Cc1cc(Br)ccc1Nc1cnnc(Nc2c(F)cccc2F)n1. The Morgan fingerprint density at radius 3 is 2.50 bits per heavy atom. The summed E-state index contributed by atoms with van der Waals surface area (Å²) in [6.07, 6.45) is 1.42. The van der Waals surface area contributed by atoms with E-state index in [-0.39, 0.29) is 11.6 Å². The average Bonchev–Trinajstić information content (AvgIpc) is 2.54. The second-order valence-electron chi connectivity index (χ2n) is 4.97. The van der Waals surface area contributed by atoms with Gasteiger partial charge in [0.1, 0.15) is 17.3 Å². The molecule has 1 aromatic heterocycles. The van der Waals surface area contributed by atoms with Crippen LogP contribution >= 0.6 is 15.9 Å². The summed E-state index contributed by atoms with van der Waals surface area (Å²) in [5.74, 6) is -1.09. The number of anilines is 4. The summed E-state index contributed by atoms with van der Waals surface area (Å²) in [5.41, 5.74) is 1.51. The number of benzene rings is 2. The highest BCUT2D eigenvalue weighted by molar-refractivity contribution is 9.10. The summed E-state index contributed by atoms with van der Waals surface area (Å²) < 4.78 is 28.3. The normalized spacial score (nSPS) is 10.5. The van der Waals surface area contributed by atoms with Crippen LogP contribution in [0.25, 0.3) is 0 Å². The number of nitrogens with zero attached hydrogens (tertiary/aromatic N) is 3. The molecule has 5 nitrogen and oxygen atoms in total.